The van der Waals surface area contributed by atoms with Crippen LogP contribution in [0, 0.1) is 13.8 Å². The van der Waals surface area contributed by atoms with Crippen LogP contribution in [0.2, 0.25) is 0 Å². The van der Waals surface area contributed by atoms with Gasteiger partial charge >= 0.3 is 5.97 Å². The monoisotopic (exact) mass is 292 g/mol. The third kappa shape index (κ3) is 3.11. The molecule has 110 valence electrons. The molecule has 2 aromatic carbocycles. The summed E-state index contributed by atoms with van der Waals surface area (Å²) in [5, 5.41) is 0. The Morgan fingerprint density at radius 1 is 0.955 bits per heavy atom. The van der Waals surface area contributed by atoms with Crippen LogP contribution in [-0.4, -0.2) is 15.9 Å². The van der Waals surface area contributed by atoms with Crippen molar-refractivity contribution in [2.45, 2.75) is 20.3 Å². The highest BCUT2D eigenvalue weighted by atomic mass is 16.5. The summed E-state index contributed by atoms with van der Waals surface area (Å²) in [5.41, 5.74) is 4.24. The van der Waals surface area contributed by atoms with E-state index in [0.29, 0.717) is 5.75 Å². The summed E-state index contributed by atoms with van der Waals surface area (Å²) in [5.74, 6) is 0.202. The molecule has 0 aliphatic rings. The lowest BCUT2D eigenvalue weighted by molar-refractivity contribution is -0.133. The van der Waals surface area contributed by atoms with E-state index in [0.717, 1.165) is 28.0 Å². The fraction of sp³-hybridized carbons (Fsp3) is 0.167. The van der Waals surface area contributed by atoms with E-state index < -0.39 is 0 Å². The molecule has 3 rings (SSSR count). The van der Waals surface area contributed by atoms with Crippen molar-refractivity contribution < 1.29 is 9.53 Å². The zero-order valence-corrected chi connectivity index (χ0v) is 12.5. The minimum absolute atomic E-state index is 0.248. The molecule has 0 aliphatic heterocycles. The predicted molar refractivity (Wildman–Crippen MR) is 84.8 cm³/mol. The maximum atomic E-state index is 12.0. The highest BCUT2D eigenvalue weighted by Crippen LogP contribution is 2.19. The van der Waals surface area contributed by atoms with Gasteiger partial charge in [0, 0.05) is 6.07 Å². The predicted octanol–water partition coefficient (Wildman–Crippen LogP) is 3.39. The minimum atomic E-state index is -0.289. The van der Waals surface area contributed by atoms with E-state index in [1.807, 2.05) is 50.2 Å². The molecule has 0 saturated heterocycles. The van der Waals surface area contributed by atoms with Gasteiger partial charge in [0.1, 0.15) is 5.75 Å². The standard InChI is InChI=1S/C18H16N2O2/c1-12-13(2)20-17-11-15(8-9-16(17)19-12)22-18(21)10-14-6-4-3-5-7-14/h3-9,11H,10H2,1-2H3. The minimum Gasteiger partial charge on any atom is -0.426 e. The van der Waals surface area contributed by atoms with Crippen LogP contribution < -0.4 is 4.74 Å². The first-order chi connectivity index (χ1) is 10.6. The van der Waals surface area contributed by atoms with Crippen LogP contribution in [0.4, 0.5) is 0 Å². The van der Waals surface area contributed by atoms with Crippen LogP contribution in [0.1, 0.15) is 17.0 Å². The number of benzene rings is 2. The van der Waals surface area contributed by atoms with Crippen LogP contribution in [0.3, 0.4) is 0 Å². The van der Waals surface area contributed by atoms with Gasteiger partial charge in [0.2, 0.25) is 0 Å². The number of hydrogen-bond donors (Lipinski definition) is 0. The molecule has 4 nitrogen and oxygen atoms in total. The normalized spacial score (nSPS) is 10.6. The summed E-state index contributed by atoms with van der Waals surface area (Å²) in [7, 11) is 0. The summed E-state index contributed by atoms with van der Waals surface area (Å²) in [6, 6.07) is 14.8. The summed E-state index contributed by atoms with van der Waals surface area (Å²) in [6.07, 6.45) is 0.248. The van der Waals surface area contributed by atoms with Crippen molar-refractivity contribution in [1.82, 2.24) is 9.97 Å². The van der Waals surface area contributed by atoms with Crippen molar-refractivity contribution in [3.05, 3.63) is 65.5 Å². The Hall–Kier alpha value is -2.75. The van der Waals surface area contributed by atoms with Gasteiger partial charge in [-0.15, -0.1) is 0 Å². The molecule has 0 radical (unpaired) electrons. The van der Waals surface area contributed by atoms with Crippen molar-refractivity contribution in [2.75, 3.05) is 0 Å². The second-order valence-corrected chi connectivity index (χ2v) is 5.18. The van der Waals surface area contributed by atoms with Crippen LogP contribution in [0.25, 0.3) is 11.0 Å². The Morgan fingerprint density at radius 2 is 1.64 bits per heavy atom. The van der Waals surface area contributed by atoms with E-state index >= 15 is 0 Å². The molecule has 4 heteroatoms. The number of nitrogens with zero attached hydrogens (tertiary/aromatic N) is 2. The SMILES string of the molecule is Cc1nc2ccc(OC(=O)Cc3ccccc3)cc2nc1C. The van der Waals surface area contributed by atoms with Gasteiger partial charge in [0.25, 0.3) is 0 Å². The number of rotatable bonds is 3. The molecule has 0 unspecified atom stereocenters. The van der Waals surface area contributed by atoms with Crippen molar-refractivity contribution in [1.29, 1.82) is 0 Å². The van der Waals surface area contributed by atoms with Crippen LogP contribution in [0.5, 0.6) is 5.75 Å². The number of aromatic nitrogens is 2. The van der Waals surface area contributed by atoms with Gasteiger partial charge in [-0.25, -0.2) is 9.97 Å². The summed E-state index contributed by atoms with van der Waals surface area (Å²) >= 11 is 0. The molecule has 0 fully saturated rings. The first-order valence-electron chi connectivity index (χ1n) is 7.11. The number of esters is 1. The van der Waals surface area contributed by atoms with E-state index in [-0.39, 0.29) is 12.4 Å². The van der Waals surface area contributed by atoms with Gasteiger partial charge in [0.15, 0.2) is 0 Å². The second kappa shape index (κ2) is 5.93. The smallest absolute Gasteiger partial charge is 0.315 e. The number of hydrogen-bond acceptors (Lipinski definition) is 4. The van der Waals surface area contributed by atoms with Crippen molar-refractivity contribution >= 4 is 17.0 Å². The Morgan fingerprint density at radius 3 is 2.36 bits per heavy atom. The van der Waals surface area contributed by atoms with Crippen molar-refractivity contribution in [3.8, 4) is 5.75 Å². The molecule has 3 aromatic rings. The van der Waals surface area contributed by atoms with Crippen molar-refractivity contribution in [3.63, 3.8) is 0 Å². The maximum Gasteiger partial charge on any atom is 0.315 e. The van der Waals surface area contributed by atoms with Gasteiger partial charge in [-0.2, -0.15) is 0 Å². The lowest BCUT2D eigenvalue weighted by Crippen LogP contribution is -2.11. The molecule has 0 atom stereocenters. The first-order valence-corrected chi connectivity index (χ1v) is 7.11. The largest absolute Gasteiger partial charge is 0.426 e. The van der Waals surface area contributed by atoms with E-state index in [9.17, 15) is 4.79 Å². The molecular formula is C18H16N2O2. The highest BCUT2D eigenvalue weighted by molar-refractivity contribution is 5.79. The van der Waals surface area contributed by atoms with Gasteiger partial charge in [-0.1, -0.05) is 30.3 Å². The average Bonchev–Trinajstić information content (AvgIpc) is 2.49. The van der Waals surface area contributed by atoms with Crippen molar-refractivity contribution in [2.24, 2.45) is 0 Å². The molecule has 0 amide bonds. The zero-order valence-electron chi connectivity index (χ0n) is 12.5. The molecule has 1 aromatic heterocycles. The number of fused-ring (bicyclic) bond motifs is 1. The topological polar surface area (TPSA) is 52.1 Å². The zero-order chi connectivity index (χ0) is 15.5. The maximum absolute atomic E-state index is 12.0. The quantitative estimate of drug-likeness (QED) is 0.548. The van der Waals surface area contributed by atoms with Crippen LogP contribution >= 0.6 is 0 Å². The highest BCUT2D eigenvalue weighted by Gasteiger charge is 2.08. The molecular weight excluding hydrogens is 276 g/mol. The van der Waals surface area contributed by atoms with E-state index in [1.165, 1.54) is 0 Å². The summed E-state index contributed by atoms with van der Waals surface area (Å²) in [4.78, 5) is 20.9. The molecule has 0 aliphatic carbocycles. The second-order valence-electron chi connectivity index (χ2n) is 5.18. The fourth-order valence-electron chi connectivity index (χ4n) is 2.20. The van der Waals surface area contributed by atoms with Gasteiger partial charge in [-0.3, -0.25) is 4.79 Å². The Balaban J connectivity index is 1.79. The first kappa shape index (κ1) is 14.2. The summed E-state index contributed by atoms with van der Waals surface area (Å²) in [6.45, 7) is 3.84. The van der Waals surface area contributed by atoms with E-state index in [1.54, 1.807) is 12.1 Å². The Labute approximate surface area is 128 Å². The third-order valence-corrected chi connectivity index (χ3v) is 3.47. The third-order valence-electron chi connectivity index (χ3n) is 3.47. The van der Waals surface area contributed by atoms with Gasteiger partial charge in [0.05, 0.1) is 28.8 Å². The van der Waals surface area contributed by atoms with Crippen LogP contribution in [-0.2, 0) is 11.2 Å². The fourth-order valence-corrected chi connectivity index (χ4v) is 2.20. The lowest BCUT2D eigenvalue weighted by Gasteiger charge is -2.07. The van der Waals surface area contributed by atoms with E-state index in [2.05, 4.69) is 9.97 Å². The average molecular weight is 292 g/mol. The molecule has 0 saturated carbocycles. The Kier molecular flexibility index (Phi) is 3.83. The number of carbonyl (C=O) groups is 1. The van der Waals surface area contributed by atoms with E-state index in [4.69, 9.17) is 4.74 Å². The molecule has 0 spiro atoms. The number of ether oxygens (including phenoxy) is 1. The number of aryl methyl sites for hydroxylation is 2. The lowest BCUT2D eigenvalue weighted by atomic mass is 10.1. The van der Waals surface area contributed by atoms with Gasteiger partial charge in [-0.05, 0) is 31.5 Å². The summed E-state index contributed by atoms with van der Waals surface area (Å²) < 4.78 is 5.39. The molecule has 1 heterocycles. The number of carbonyl (C=O) groups excluding carboxylic acids is 1. The Bertz CT molecular complexity index is 829. The molecule has 0 bridgehead atoms. The molecule has 22 heavy (non-hydrogen) atoms. The molecule has 0 N–H and O–H groups in total. The van der Waals surface area contributed by atoms with Crippen LogP contribution in [0.15, 0.2) is 48.5 Å². The van der Waals surface area contributed by atoms with Gasteiger partial charge < -0.3 is 4.74 Å².